The van der Waals surface area contributed by atoms with Crippen molar-refractivity contribution in [2.75, 3.05) is 25.2 Å². The van der Waals surface area contributed by atoms with E-state index in [2.05, 4.69) is 29.8 Å². The van der Waals surface area contributed by atoms with E-state index in [1.165, 1.54) is 0 Å². The molecule has 0 radical (unpaired) electrons. The maximum absolute atomic E-state index is 9.39. The Balaban J connectivity index is 2.62. The van der Waals surface area contributed by atoms with Crippen molar-refractivity contribution in [1.82, 2.24) is 4.98 Å². The summed E-state index contributed by atoms with van der Waals surface area (Å²) in [4.78, 5) is 6.55. The van der Waals surface area contributed by atoms with Crippen molar-refractivity contribution in [2.24, 2.45) is 0 Å². The number of rotatable bonds is 5. The van der Waals surface area contributed by atoms with Crippen LogP contribution in [0.2, 0.25) is 0 Å². The van der Waals surface area contributed by atoms with E-state index in [1.807, 2.05) is 24.3 Å². The zero-order chi connectivity index (χ0) is 14.5. The molecule has 0 aliphatic rings. The molecular formula is C16H19N3O. The smallest absolute Gasteiger partial charge is 0.103 e. The fourth-order valence-electron chi connectivity index (χ4n) is 2.34. The monoisotopic (exact) mass is 269 g/mol. The van der Waals surface area contributed by atoms with Crippen LogP contribution in [-0.2, 0) is 4.74 Å². The number of para-hydroxylation sites is 1. The minimum atomic E-state index is 0.281. The van der Waals surface area contributed by atoms with Crippen molar-refractivity contribution >= 4 is 16.6 Å². The molecule has 0 N–H and O–H groups in total. The molecule has 1 heterocycles. The first-order valence-electron chi connectivity index (χ1n) is 6.72. The van der Waals surface area contributed by atoms with E-state index < -0.39 is 0 Å². The lowest BCUT2D eigenvalue weighted by Gasteiger charge is -2.30. The van der Waals surface area contributed by atoms with Crippen molar-refractivity contribution in [3.8, 4) is 6.07 Å². The molecule has 0 saturated heterocycles. The van der Waals surface area contributed by atoms with Gasteiger partial charge >= 0.3 is 0 Å². The predicted molar refractivity (Wildman–Crippen MR) is 80.8 cm³/mol. The van der Waals surface area contributed by atoms with Crippen molar-refractivity contribution in [2.45, 2.75) is 19.9 Å². The van der Waals surface area contributed by atoms with Crippen LogP contribution in [0.5, 0.6) is 0 Å². The largest absolute Gasteiger partial charge is 0.383 e. The maximum Gasteiger partial charge on any atom is 0.103 e. The quantitative estimate of drug-likeness (QED) is 0.837. The molecule has 0 aliphatic carbocycles. The zero-order valence-corrected chi connectivity index (χ0v) is 12.1. The summed E-state index contributed by atoms with van der Waals surface area (Å²) in [5.41, 5.74) is 2.46. The molecule has 0 bridgehead atoms. The van der Waals surface area contributed by atoms with Gasteiger partial charge in [-0.1, -0.05) is 18.2 Å². The summed E-state index contributed by atoms with van der Waals surface area (Å²) in [5, 5.41) is 10.4. The van der Waals surface area contributed by atoms with E-state index >= 15 is 0 Å². The van der Waals surface area contributed by atoms with Gasteiger partial charge in [0, 0.05) is 31.3 Å². The number of nitriles is 1. The van der Waals surface area contributed by atoms with Gasteiger partial charge in [-0.15, -0.1) is 0 Å². The lowest BCUT2D eigenvalue weighted by Crippen LogP contribution is -2.34. The van der Waals surface area contributed by atoms with Crippen molar-refractivity contribution in [1.29, 1.82) is 5.26 Å². The van der Waals surface area contributed by atoms with Gasteiger partial charge in [-0.05, 0) is 19.9 Å². The third-order valence-electron chi connectivity index (χ3n) is 3.31. The average molecular weight is 269 g/mol. The fraction of sp³-hybridized carbons (Fsp3) is 0.375. The number of hydrogen-bond donors (Lipinski definition) is 0. The van der Waals surface area contributed by atoms with Gasteiger partial charge in [0.25, 0.3) is 0 Å². The van der Waals surface area contributed by atoms with E-state index in [0.29, 0.717) is 12.2 Å². The van der Waals surface area contributed by atoms with Gasteiger partial charge in [-0.3, -0.25) is 4.98 Å². The minimum absolute atomic E-state index is 0.281. The highest BCUT2D eigenvalue weighted by Crippen LogP contribution is 2.30. The molecule has 0 spiro atoms. The zero-order valence-electron chi connectivity index (χ0n) is 12.1. The second-order valence-corrected chi connectivity index (χ2v) is 4.93. The Morgan fingerprint density at radius 3 is 2.75 bits per heavy atom. The lowest BCUT2D eigenvalue weighted by molar-refractivity contribution is 0.204. The number of benzene rings is 1. The van der Waals surface area contributed by atoms with Crippen molar-refractivity contribution in [3.05, 3.63) is 36.0 Å². The van der Waals surface area contributed by atoms with Gasteiger partial charge in [0.1, 0.15) is 6.07 Å². The Labute approximate surface area is 119 Å². The Morgan fingerprint density at radius 1 is 1.35 bits per heavy atom. The molecule has 104 valence electrons. The van der Waals surface area contributed by atoms with Crippen LogP contribution in [0.25, 0.3) is 10.9 Å². The molecule has 1 aromatic heterocycles. The second kappa shape index (κ2) is 6.36. The lowest BCUT2D eigenvalue weighted by atomic mass is 10.1. The summed E-state index contributed by atoms with van der Waals surface area (Å²) in [6, 6.07) is 10.5. The van der Waals surface area contributed by atoms with E-state index in [4.69, 9.17) is 4.74 Å². The summed E-state index contributed by atoms with van der Waals surface area (Å²) in [6.07, 6.45) is 1.65. The van der Waals surface area contributed by atoms with Crippen LogP contribution in [0.1, 0.15) is 19.4 Å². The molecular weight excluding hydrogens is 250 g/mol. The molecule has 2 rings (SSSR count). The highest BCUT2D eigenvalue weighted by molar-refractivity contribution is 5.94. The third-order valence-corrected chi connectivity index (χ3v) is 3.31. The molecule has 1 aromatic carbocycles. The van der Waals surface area contributed by atoms with E-state index in [1.54, 1.807) is 13.3 Å². The standard InChI is InChI=1S/C16H19N3O/c1-12(2)19(8-9-20-3)16-13(10-17)11-18-15-7-5-4-6-14(15)16/h4-7,11-12H,8-9H2,1-3H3. The molecule has 0 fully saturated rings. The Bertz CT molecular complexity index is 631. The average Bonchev–Trinajstić information content (AvgIpc) is 2.47. The normalized spacial score (nSPS) is 10.8. The number of pyridine rings is 1. The number of anilines is 1. The van der Waals surface area contributed by atoms with Gasteiger partial charge in [0.15, 0.2) is 0 Å². The number of hydrogen-bond acceptors (Lipinski definition) is 4. The number of aromatic nitrogens is 1. The number of ether oxygens (including phenoxy) is 1. The summed E-state index contributed by atoms with van der Waals surface area (Å²) >= 11 is 0. The molecule has 0 atom stereocenters. The SMILES string of the molecule is COCCN(c1c(C#N)cnc2ccccc12)C(C)C. The first-order valence-corrected chi connectivity index (χ1v) is 6.72. The van der Waals surface area contributed by atoms with Crippen LogP contribution < -0.4 is 4.90 Å². The van der Waals surface area contributed by atoms with Crippen LogP contribution >= 0.6 is 0 Å². The molecule has 0 unspecified atom stereocenters. The summed E-state index contributed by atoms with van der Waals surface area (Å²) in [5.74, 6) is 0. The number of fused-ring (bicyclic) bond motifs is 1. The van der Waals surface area contributed by atoms with E-state index in [9.17, 15) is 5.26 Å². The van der Waals surface area contributed by atoms with Crippen molar-refractivity contribution in [3.63, 3.8) is 0 Å². The van der Waals surface area contributed by atoms with E-state index in [0.717, 1.165) is 23.1 Å². The Morgan fingerprint density at radius 2 is 2.10 bits per heavy atom. The topological polar surface area (TPSA) is 49.1 Å². The van der Waals surface area contributed by atoms with Crippen LogP contribution in [0.15, 0.2) is 30.5 Å². The molecule has 2 aromatic rings. The maximum atomic E-state index is 9.39. The Hall–Kier alpha value is -2.12. The Kier molecular flexibility index (Phi) is 4.54. The fourth-order valence-corrected chi connectivity index (χ4v) is 2.34. The first kappa shape index (κ1) is 14.3. The number of nitrogens with zero attached hydrogens (tertiary/aromatic N) is 3. The van der Waals surface area contributed by atoms with Crippen LogP contribution in [-0.4, -0.2) is 31.3 Å². The summed E-state index contributed by atoms with van der Waals surface area (Å²) < 4.78 is 5.19. The molecule has 0 amide bonds. The first-order chi connectivity index (χ1) is 9.69. The molecule has 0 aliphatic heterocycles. The van der Waals surface area contributed by atoms with Crippen molar-refractivity contribution < 1.29 is 4.74 Å². The minimum Gasteiger partial charge on any atom is -0.383 e. The molecule has 4 nitrogen and oxygen atoms in total. The van der Waals surface area contributed by atoms with Crippen LogP contribution in [0.3, 0.4) is 0 Å². The van der Waals surface area contributed by atoms with Crippen LogP contribution in [0, 0.1) is 11.3 Å². The highest BCUT2D eigenvalue weighted by atomic mass is 16.5. The van der Waals surface area contributed by atoms with Gasteiger partial charge in [0.2, 0.25) is 0 Å². The molecule has 4 heteroatoms. The second-order valence-electron chi connectivity index (χ2n) is 4.93. The predicted octanol–water partition coefficient (Wildman–Crippen LogP) is 2.97. The summed E-state index contributed by atoms with van der Waals surface area (Å²) in [6.45, 7) is 5.61. The van der Waals surface area contributed by atoms with Gasteiger partial charge in [0.05, 0.1) is 23.4 Å². The number of methoxy groups -OCH3 is 1. The summed E-state index contributed by atoms with van der Waals surface area (Å²) in [7, 11) is 1.69. The third kappa shape index (κ3) is 2.73. The molecule has 20 heavy (non-hydrogen) atoms. The molecule has 0 saturated carbocycles. The highest BCUT2D eigenvalue weighted by Gasteiger charge is 2.18. The van der Waals surface area contributed by atoms with Gasteiger partial charge in [-0.2, -0.15) is 5.26 Å². The van der Waals surface area contributed by atoms with E-state index in [-0.39, 0.29) is 6.04 Å². The van der Waals surface area contributed by atoms with Gasteiger partial charge in [-0.25, -0.2) is 0 Å². The van der Waals surface area contributed by atoms with Crippen LogP contribution in [0.4, 0.5) is 5.69 Å². The van der Waals surface area contributed by atoms with Gasteiger partial charge < -0.3 is 9.64 Å².